The minimum Gasteiger partial charge on any atom is -0.362 e. The number of hydrogen-bond donors (Lipinski definition) is 2. The van der Waals surface area contributed by atoms with Gasteiger partial charge in [0, 0.05) is 89.5 Å². The minimum atomic E-state index is -2.91. The van der Waals surface area contributed by atoms with Gasteiger partial charge in [-0.05, 0) is 56.6 Å². The molecule has 10 rings (SSSR count). The molecule has 4 aromatic heterocycles. The molecule has 0 spiro atoms. The summed E-state index contributed by atoms with van der Waals surface area (Å²) in [5.41, 5.74) is 1.99. The lowest BCUT2D eigenvalue weighted by Gasteiger charge is -2.45. The zero-order valence-electron chi connectivity index (χ0n) is 36.6. The fourth-order valence-electron chi connectivity index (χ4n) is 10.3. The van der Waals surface area contributed by atoms with Crippen LogP contribution < -0.4 is 15.5 Å². The summed E-state index contributed by atoms with van der Waals surface area (Å²) in [6.07, 6.45) is 3.41. The average molecular weight is 913 g/mol. The molecule has 2 N–H and O–H groups in total. The first-order valence-electron chi connectivity index (χ1n) is 22.8. The highest BCUT2D eigenvalue weighted by atomic mass is 19.3. The lowest BCUT2D eigenvalue weighted by molar-refractivity contribution is -0.134. The second-order valence-electron chi connectivity index (χ2n) is 18.5. The maximum Gasteiger partial charge on any atom is 0.284 e. The topological polar surface area (TPSA) is 160 Å². The minimum absolute atomic E-state index is 0.0540. The molecule has 4 saturated heterocycles. The molecule has 1 unspecified atom stereocenters. The molecular weight excluding hydrogens is 861 g/mol. The van der Waals surface area contributed by atoms with E-state index in [1.165, 1.54) is 16.9 Å². The molecule has 3 atom stereocenters. The number of piperidine rings is 2. The third-order valence-corrected chi connectivity index (χ3v) is 13.9. The van der Waals surface area contributed by atoms with E-state index in [1.807, 2.05) is 24.3 Å². The first-order chi connectivity index (χ1) is 31.9. The number of amides is 3. The van der Waals surface area contributed by atoms with Gasteiger partial charge in [-0.15, -0.1) is 0 Å². The Morgan fingerprint density at radius 3 is 2.53 bits per heavy atom. The number of fused-ring (bicyclic) bond motifs is 2. The maximum absolute atomic E-state index is 15.5. The van der Waals surface area contributed by atoms with Crippen LogP contribution in [0.5, 0.6) is 0 Å². The highest BCUT2D eigenvalue weighted by Crippen LogP contribution is 2.37. The van der Waals surface area contributed by atoms with Gasteiger partial charge in [0.05, 0.1) is 46.7 Å². The van der Waals surface area contributed by atoms with Crippen LogP contribution in [0.3, 0.4) is 0 Å². The lowest BCUT2D eigenvalue weighted by Crippen LogP contribution is -2.57. The van der Waals surface area contributed by atoms with Gasteiger partial charge < -0.3 is 15.0 Å². The smallest absolute Gasteiger partial charge is 0.284 e. The van der Waals surface area contributed by atoms with Crippen molar-refractivity contribution in [1.82, 2.24) is 49.3 Å². The van der Waals surface area contributed by atoms with Crippen molar-refractivity contribution in [2.24, 2.45) is 18.9 Å². The second-order valence-corrected chi connectivity index (χ2v) is 18.5. The Balaban J connectivity index is 0.692. The van der Waals surface area contributed by atoms with Gasteiger partial charge >= 0.3 is 0 Å². The number of benzene rings is 1. The van der Waals surface area contributed by atoms with E-state index < -0.39 is 42.4 Å². The molecular formula is C46H52F4N12O4. The quantitative estimate of drug-likeness (QED) is 0.100. The molecule has 348 valence electrons. The number of ether oxygens (including phenoxy) is 1. The van der Waals surface area contributed by atoms with Gasteiger partial charge in [-0.3, -0.25) is 38.9 Å². The Labute approximate surface area is 378 Å². The predicted octanol–water partition coefficient (Wildman–Crippen LogP) is 4.82. The summed E-state index contributed by atoms with van der Waals surface area (Å²) in [6, 6.07) is 7.30. The first kappa shape index (κ1) is 44.0. The van der Waals surface area contributed by atoms with E-state index in [9.17, 15) is 27.6 Å². The van der Waals surface area contributed by atoms with Gasteiger partial charge in [-0.25, -0.2) is 27.1 Å². The number of imide groups is 1. The summed E-state index contributed by atoms with van der Waals surface area (Å²) in [7, 11) is 1.79. The van der Waals surface area contributed by atoms with Crippen LogP contribution in [0.2, 0.25) is 0 Å². The number of alkyl halides is 4. The molecule has 3 amide bonds. The van der Waals surface area contributed by atoms with E-state index >= 15 is 4.39 Å². The van der Waals surface area contributed by atoms with Crippen LogP contribution in [0.1, 0.15) is 90.6 Å². The number of hydrogen-bond acceptors (Lipinski definition) is 11. The van der Waals surface area contributed by atoms with Crippen molar-refractivity contribution < 1.29 is 36.7 Å². The molecule has 4 aliphatic heterocycles. The van der Waals surface area contributed by atoms with Crippen LogP contribution in [0.4, 0.5) is 29.1 Å². The van der Waals surface area contributed by atoms with E-state index in [0.717, 1.165) is 49.9 Å². The zero-order chi connectivity index (χ0) is 45.6. The number of para-hydroxylation sites is 1. The van der Waals surface area contributed by atoms with Crippen molar-refractivity contribution >= 4 is 45.8 Å². The number of aromatic nitrogens is 7. The lowest BCUT2D eigenvalue weighted by atomic mass is 9.85. The summed E-state index contributed by atoms with van der Waals surface area (Å²) in [6.45, 7) is 5.05. The number of nitrogens with zero attached hydrogens (tertiary/aromatic N) is 10. The third kappa shape index (κ3) is 8.99. The SMILES string of the molecule is Cn1nc(C2CCC(=O)NC2=O)c2cccc(C#CCO[C@H]3CCN(CC4CCC(n5cc(NC(=O)c6cnn7ccc(N8CC(CN9CC(F)C9)C8)nc67)c(C(F)F)n5)CC4)C[C@H]3F)c21. The summed E-state index contributed by atoms with van der Waals surface area (Å²) in [4.78, 5) is 48.8. The van der Waals surface area contributed by atoms with Gasteiger partial charge in [0.25, 0.3) is 12.3 Å². The van der Waals surface area contributed by atoms with Crippen molar-refractivity contribution in [3.8, 4) is 11.8 Å². The van der Waals surface area contributed by atoms with Gasteiger partial charge in [0.2, 0.25) is 11.8 Å². The molecule has 5 aromatic rings. The fourth-order valence-corrected chi connectivity index (χ4v) is 10.3. The fraction of sp³-hybridized carbons (Fsp3) is 0.543. The highest BCUT2D eigenvalue weighted by Gasteiger charge is 2.36. The molecule has 20 heteroatoms. The predicted molar refractivity (Wildman–Crippen MR) is 235 cm³/mol. The number of aryl methyl sites for hydroxylation is 1. The summed E-state index contributed by atoms with van der Waals surface area (Å²) in [5.74, 6) is 5.81. The Kier molecular flexibility index (Phi) is 12.3. The van der Waals surface area contributed by atoms with Crippen molar-refractivity contribution in [3.05, 3.63) is 65.4 Å². The van der Waals surface area contributed by atoms with Crippen LogP contribution in [0.15, 0.2) is 42.9 Å². The average Bonchev–Trinajstić information content (AvgIpc) is 3.99. The van der Waals surface area contributed by atoms with E-state index in [-0.39, 0.29) is 48.7 Å². The standard InChI is InChI=1S/C46H52F4N12O4/c1-57-42-29(4-2-6-32(42)40(55-57)33-11-12-39(63)54-45(33)64)5-3-17-66-37-13-15-58(25-35(37)48)19-27-7-9-31(10-8-27)62-26-36(41(56-62)43(49)50)52-46(65)34-18-51-61-16-14-38(53-44(34)61)60-21-28(22-60)20-59-23-30(47)24-59/h2,4,6,14,16,18,26-28,30-31,33,35,37,43H,7-13,15,17,19-25H2,1H3,(H,52,65)(H,54,63,64)/t27?,31?,33?,35-,37+/m1/s1. The summed E-state index contributed by atoms with van der Waals surface area (Å²) in [5, 5.41) is 19.0. The van der Waals surface area contributed by atoms with Crippen molar-refractivity contribution in [2.45, 2.75) is 81.8 Å². The van der Waals surface area contributed by atoms with E-state index in [2.05, 4.69) is 52.5 Å². The van der Waals surface area contributed by atoms with Crippen LogP contribution in [0.25, 0.3) is 16.6 Å². The molecule has 0 radical (unpaired) electrons. The normalized spacial score (nSPS) is 24.6. The third-order valence-electron chi connectivity index (χ3n) is 13.9. The van der Waals surface area contributed by atoms with Crippen molar-refractivity contribution in [3.63, 3.8) is 0 Å². The Bertz CT molecular complexity index is 2690. The number of carbonyl (C=O) groups is 3. The van der Waals surface area contributed by atoms with E-state index in [0.29, 0.717) is 79.9 Å². The van der Waals surface area contributed by atoms with Gasteiger partial charge in [-0.1, -0.05) is 24.0 Å². The van der Waals surface area contributed by atoms with Crippen LogP contribution in [-0.2, 0) is 21.4 Å². The molecule has 16 nitrogen and oxygen atoms in total. The highest BCUT2D eigenvalue weighted by molar-refractivity contribution is 6.08. The number of anilines is 2. The largest absolute Gasteiger partial charge is 0.362 e. The number of likely N-dealkylation sites (tertiary alicyclic amines) is 2. The Morgan fingerprint density at radius 2 is 1.77 bits per heavy atom. The molecule has 8 heterocycles. The monoisotopic (exact) mass is 912 g/mol. The van der Waals surface area contributed by atoms with E-state index in [4.69, 9.17) is 9.72 Å². The van der Waals surface area contributed by atoms with Crippen LogP contribution in [0, 0.1) is 23.7 Å². The first-order valence-corrected chi connectivity index (χ1v) is 22.8. The molecule has 66 heavy (non-hydrogen) atoms. The molecule has 1 aromatic carbocycles. The van der Waals surface area contributed by atoms with Gasteiger partial charge in [-0.2, -0.15) is 15.3 Å². The number of halogens is 4. The Hall–Kier alpha value is -5.91. The second kappa shape index (κ2) is 18.4. The van der Waals surface area contributed by atoms with Crippen molar-refractivity contribution in [2.75, 3.05) is 69.2 Å². The number of nitrogens with one attached hydrogen (secondary N) is 2. The van der Waals surface area contributed by atoms with Crippen molar-refractivity contribution in [1.29, 1.82) is 0 Å². The summed E-state index contributed by atoms with van der Waals surface area (Å²) >= 11 is 0. The molecule has 0 bridgehead atoms. The van der Waals surface area contributed by atoms with Crippen LogP contribution in [-0.4, -0.2) is 139 Å². The molecule has 1 saturated carbocycles. The van der Waals surface area contributed by atoms with Crippen LogP contribution >= 0.6 is 0 Å². The number of carbonyl (C=O) groups excluding carboxylic acids is 3. The van der Waals surface area contributed by atoms with Gasteiger partial charge in [0.15, 0.2) is 11.3 Å². The Morgan fingerprint density at radius 1 is 0.970 bits per heavy atom. The molecule has 1 aliphatic carbocycles. The zero-order valence-corrected chi connectivity index (χ0v) is 36.6. The molecule has 5 aliphatic rings. The van der Waals surface area contributed by atoms with Gasteiger partial charge in [0.1, 0.15) is 30.3 Å². The van der Waals surface area contributed by atoms with E-state index in [1.54, 1.807) is 22.6 Å². The molecule has 5 fully saturated rings. The number of rotatable bonds is 12. The maximum atomic E-state index is 15.5. The summed E-state index contributed by atoms with van der Waals surface area (Å²) < 4.78 is 68.0.